The fraction of sp³-hybridized carbons (Fsp3) is 0.500. The van der Waals surface area contributed by atoms with Gasteiger partial charge in [-0.1, -0.05) is 23.2 Å². The number of halogens is 3. The van der Waals surface area contributed by atoms with E-state index >= 15 is 0 Å². The third-order valence-corrected chi connectivity index (χ3v) is 6.44. The van der Waals surface area contributed by atoms with E-state index in [0.717, 1.165) is 32.6 Å². The molecule has 2 saturated heterocycles. The fourth-order valence-electron chi connectivity index (χ4n) is 3.96. The van der Waals surface area contributed by atoms with Crippen molar-refractivity contribution in [3.05, 3.63) is 40.1 Å². The van der Waals surface area contributed by atoms with Gasteiger partial charge in [0.2, 0.25) is 0 Å². The predicted molar refractivity (Wildman–Crippen MR) is 119 cm³/mol. The van der Waals surface area contributed by atoms with Crippen molar-refractivity contribution in [1.29, 1.82) is 0 Å². The Morgan fingerprint density at radius 3 is 2.77 bits per heavy atom. The highest BCUT2D eigenvalue weighted by molar-refractivity contribution is 6.36. The van der Waals surface area contributed by atoms with Gasteiger partial charge in [-0.3, -0.25) is 9.78 Å². The van der Waals surface area contributed by atoms with Gasteiger partial charge < -0.3 is 15.4 Å². The molecule has 31 heavy (non-hydrogen) atoms. The normalized spacial score (nSPS) is 21.9. The smallest absolute Gasteiger partial charge is 0.146 e. The number of hydrogen-bond donors (Lipinski definition) is 2. The van der Waals surface area contributed by atoms with E-state index in [1.165, 1.54) is 6.20 Å². The summed E-state index contributed by atoms with van der Waals surface area (Å²) in [6, 6.07) is 5.32. The van der Waals surface area contributed by atoms with Crippen LogP contribution in [0, 0.1) is 11.8 Å². The standard InChI is InChI=1S/C22H25Cl2FN4O2/c23-17-1-2-21(28-9-13-3-5-31-6-4-13)29-22(17)15-7-14(27-11-18(15)24)8-20(30)16-10-26-12-19(16)25/h1-2,7,11,13,16,19,26H,3-6,8-10,12H2,(H,28,29)/t16-,19+/m0/s1. The number of pyridine rings is 2. The van der Waals surface area contributed by atoms with E-state index < -0.39 is 12.1 Å². The summed E-state index contributed by atoms with van der Waals surface area (Å²) in [5.41, 5.74) is 1.63. The van der Waals surface area contributed by atoms with E-state index in [0.29, 0.717) is 45.3 Å². The molecule has 0 radical (unpaired) electrons. The second-order valence-electron chi connectivity index (χ2n) is 8.04. The summed E-state index contributed by atoms with van der Waals surface area (Å²) in [5.74, 6) is 0.430. The van der Waals surface area contributed by atoms with Crippen molar-refractivity contribution in [2.24, 2.45) is 11.8 Å². The molecular weight excluding hydrogens is 442 g/mol. The topological polar surface area (TPSA) is 76.1 Å². The van der Waals surface area contributed by atoms with Crippen LogP contribution in [-0.2, 0) is 16.0 Å². The highest BCUT2D eigenvalue weighted by Gasteiger charge is 2.32. The van der Waals surface area contributed by atoms with Gasteiger partial charge in [0.15, 0.2) is 0 Å². The first-order chi connectivity index (χ1) is 15.0. The maximum Gasteiger partial charge on any atom is 0.146 e. The Morgan fingerprint density at radius 2 is 2.03 bits per heavy atom. The van der Waals surface area contributed by atoms with E-state index in [1.807, 2.05) is 6.07 Å². The minimum atomic E-state index is -1.16. The van der Waals surface area contributed by atoms with E-state index in [1.54, 1.807) is 12.1 Å². The number of nitrogens with zero attached hydrogens (tertiary/aromatic N) is 2. The molecule has 166 valence electrons. The number of rotatable bonds is 7. The summed E-state index contributed by atoms with van der Waals surface area (Å²) in [5, 5.41) is 7.12. The molecule has 2 atom stereocenters. The van der Waals surface area contributed by atoms with Crippen LogP contribution in [-0.4, -0.2) is 54.8 Å². The van der Waals surface area contributed by atoms with Gasteiger partial charge in [-0.25, -0.2) is 9.37 Å². The van der Waals surface area contributed by atoms with Crippen molar-refractivity contribution in [2.45, 2.75) is 25.4 Å². The molecule has 4 heterocycles. The average Bonchev–Trinajstić information content (AvgIpc) is 3.21. The van der Waals surface area contributed by atoms with Crippen molar-refractivity contribution in [3.63, 3.8) is 0 Å². The largest absolute Gasteiger partial charge is 0.381 e. The number of carbonyl (C=O) groups is 1. The fourth-order valence-corrected chi connectivity index (χ4v) is 4.36. The first-order valence-corrected chi connectivity index (χ1v) is 11.3. The minimum absolute atomic E-state index is 0.0379. The number of hydrogen-bond acceptors (Lipinski definition) is 6. The number of ketones is 1. The molecule has 2 N–H and O–H groups in total. The summed E-state index contributed by atoms with van der Waals surface area (Å²) in [6.07, 6.45) is 2.42. The molecule has 0 aromatic carbocycles. The minimum Gasteiger partial charge on any atom is -0.381 e. The third-order valence-electron chi connectivity index (χ3n) is 5.83. The van der Waals surface area contributed by atoms with Crippen LogP contribution >= 0.6 is 23.2 Å². The zero-order valence-electron chi connectivity index (χ0n) is 17.0. The maximum absolute atomic E-state index is 13.9. The molecule has 0 bridgehead atoms. The highest BCUT2D eigenvalue weighted by atomic mass is 35.5. The zero-order chi connectivity index (χ0) is 21.8. The lowest BCUT2D eigenvalue weighted by atomic mass is 9.97. The number of aromatic nitrogens is 2. The van der Waals surface area contributed by atoms with Crippen LogP contribution in [0.15, 0.2) is 24.4 Å². The molecule has 0 saturated carbocycles. The summed E-state index contributed by atoms with van der Waals surface area (Å²) in [4.78, 5) is 21.4. The van der Waals surface area contributed by atoms with Gasteiger partial charge in [0.25, 0.3) is 0 Å². The van der Waals surface area contributed by atoms with Crippen LogP contribution in [0.3, 0.4) is 0 Å². The predicted octanol–water partition coefficient (Wildman–Crippen LogP) is 3.96. The summed E-state index contributed by atoms with van der Waals surface area (Å²) >= 11 is 12.8. The Morgan fingerprint density at radius 1 is 1.23 bits per heavy atom. The molecule has 0 unspecified atom stereocenters. The van der Waals surface area contributed by atoms with Gasteiger partial charge in [0, 0.05) is 56.7 Å². The zero-order valence-corrected chi connectivity index (χ0v) is 18.6. The Bertz CT molecular complexity index is 940. The van der Waals surface area contributed by atoms with Gasteiger partial charge >= 0.3 is 0 Å². The SMILES string of the molecule is O=C(Cc1cc(-c2nc(NCC3CCOCC3)ccc2Cl)c(Cl)cn1)[C@H]1CNC[C@H]1F. The molecule has 2 fully saturated rings. The molecule has 2 aromatic heterocycles. The third kappa shape index (κ3) is 5.52. The lowest BCUT2D eigenvalue weighted by Crippen LogP contribution is -2.25. The summed E-state index contributed by atoms with van der Waals surface area (Å²) in [6.45, 7) is 2.96. The maximum atomic E-state index is 13.9. The molecule has 6 nitrogen and oxygen atoms in total. The Hall–Kier alpha value is -1.80. The number of carbonyl (C=O) groups excluding carboxylic acids is 1. The molecule has 4 rings (SSSR count). The lowest BCUT2D eigenvalue weighted by Gasteiger charge is -2.22. The van der Waals surface area contributed by atoms with Gasteiger partial charge in [0.05, 0.1) is 21.7 Å². The summed E-state index contributed by atoms with van der Waals surface area (Å²) in [7, 11) is 0. The number of alkyl halides is 1. The Labute approximate surface area is 190 Å². The first kappa shape index (κ1) is 22.4. The molecule has 2 aliphatic heterocycles. The molecule has 2 aromatic rings. The Balaban J connectivity index is 1.51. The number of anilines is 1. The van der Waals surface area contributed by atoms with E-state index in [-0.39, 0.29) is 18.7 Å². The van der Waals surface area contributed by atoms with Crippen molar-refractivity contribution in [2.75, 3.05) is 38.2 Å². The van der Waals surface area contributed by atoms with Crippen molar-refractivity contribution < 1.29 is 13.9 Å². The first-order valence-electron chi connectivity index (χ1n) is 10.5. The average molecular weight is 467 g/mol. The van der Waals surface area contributed by atoms with Crippen LogP contribution in [0.5, 0.6) is 0 Å². The van der Waals surface area contributed by atoms with Gasteiger partial charge in [0.1, 0.15) is 17.8 Å². The van der Waals surface area contributed by atoms with Crippen molar-refractivity contribution in [3.8, 4) is 11.3 Å². The number of ether oxygens (including phenoxy) is 1. The molecule has 0 amide bonds. The van der Waals surface area contributed by atoms with E-state index in [2.05, 4.69) is 20.6 Å². The van der Waals surface area contributed by atoms with Crippen LogP contribution < -0.4 is 10.6 Å². The molecule has 0 aliphatic carbocycles. The van der Waals surface area contributed by atoms with Gasteiger partial charge in [-0.2, -0.15) is 0 Å². The van der Waals surface area contributed by atoms with Crippen LogP contribution in [0.1, 0.15) is 18.5 Å². The van der Waals surface area contributed by atoms with Crippen LogP contribution in [0.25, 0.3) is 11.3 Å². The quantitative estimate of drug-likeness (QED) is 0.642. The monoisotopic (exact) mass is 466 g/mol. The van der Waals surface area contributed by atoms with Crippen LogP contribution in [0.4, 0.5) is 10.2 Å². The second kappa shape index (κ2) is 10.2. The van der Waals surface area contributed by atoms with Gasteiger partial charge in [-0.15, -0.1) is 0 Å². The second-order valence-corrected chi connectivity index (χ2v) is 8.86. The van der Waals surface area contributed by atoms with Crippen LogP contribution in [0.2, 0.25) is 10.0 Å². The summed E-state index contributed by atoms with van der Waals surface area (Å²) < 4.78 is 19.3. The molecular formula is C22H25Cl2FN4O2. The van der Waals surface area contributed by atoms with Crippen molar-refractivity contribution >= 4 is 34.8 Å². The van der Waals surface area contributed by atoms with E-state index in [9.17, 15) is 9.18 Å². The lowest BCUT2D eigenvalue weighted by molar-refractivity contribution is -0.123. The number of nitrogens with one attached hydrogen (secondary N) is 2. The highest BCUT2D eigenvalue weighted by Crippen LogP contribution is 2.33. The molecule has 0 spiro atoms. The van der Waals surface area contributed by atoms with Gasteiger partial charge in [-0.05, 0) is 37.0 Å². The molecule has 9 heteroatoms. The van der Waals surface area contributed by atoms with E-state index in [4.69, 9.17) is 27.9 Å². The number of Topliss-reactive ketones (excluding diaryl/α,β-unsaturated/α-hetero) is 1. The molecule has 2 aliphatic rings. The van der Waals surface area contributed by atoms with Crippen molar-refractivity contribution in [1.82, 2.24) is 15.3 Å². The Kier molecular flexibility index (Phi) is 7.38.